The molecule has 0 unspecified atom stereocenters. The molecular weight excluding hydrogens is 302 g/mol. The highest BCUT2D eigenvalue weighted by atomic mass is 79.9. The average Bonchev–Trinajstić information content (AvgIpc) is 3.05. The fourth-order valence-electron chi connectivity index (χ4n) is 1.70. The zero-order valence-electron chi connectivity index (χ0n) is 9.16. The van der Waals surface area contributed by atoms with Gasteiger partial charge >= 0.3 is 0 Å². The van der Waals surface area contributed by atoms with Crippen LogP contribution in [0, 0.1) is 6.92 Å². The predicted molar refractivity (Wildman–Crippen MR) is 70.4 cm³/mol. The maximum absolute atomic E-state index is 11.8. The van der Waals surface area contributed by atoms with E-state index in [4.69, 9.17) is 0 Å². The normalized spacial score (nSPS) is 15.2. The number of rotatable bonds is 2. The van der Waals surface area contributed by atoms with Gasteiger partial charge in [0.1, 0.15) is 10.2 Å². The fourth-order valence-corrected chi connectivity index (χ4v) is 2.81. The van der Waals surface area contributed by atoms with Gasteiger partial charge in [-0.05, 0) is 35.7 Å². The third-order valence-electron chi connectivity index (χ3n) is 2.71. The van der Waals surface area contributed by atoms with Crippen LogP contribution >= 0.6 is 27.3 Å². The van der Waals surface area contributed by atoms with E-state index in [-0.39, 0.29) is 5.56 Å². The van der Waals surface area contributed by atoms with Gasteiger partial charge in [0.25, 0.3) is 5.56 Å². The molecule has 1 aliphatic carbocycles. The number of thiazole rings is 1. The van der Waals surface area contributed by atoms with Gasteiger partial charge in [-0.1, -0.05) is 0 Å². The zero-order valence-corrected chi connectivity index (χ0v) is 11.6. The standard InChI is InChI=1S/C11H10BrN3OS/c1-5-13-7(4-17-5)10-14-9(6-2-3-6)8(12)11(16)15-10/h4,6H,2-3H2,1H3,(H,14,15,16). The Morgan fingerprint density at radius 2 is 2.24 bits per heavy atom. The Morgan fingerprint density at radius 1 is 1.47 bits per heavy atom. The summed E-state index contributed by atoms with van der Waals surface area (Å²) in [6.45, 7) is 1.94. The minimum absolute atomic E-state index is 0.123. The van der Waals surface area contributed by atoms with Gasteiger partial charge in [0, 0.05) is 11.3 Å². The molecule has 2 aromatic heterocycles. The molecule has 0 aliphatic heterocycles. The van der Waals surface area contributed by atoms with Crippen molar-refractivity contribution in [2.45, 2.75) is 25.7 Å². The van der Waals surface area contributed by atoms with Gasteiger partial charge in [0.2, 0.25) is 0 Å². The van der Waals surface area contributed by atoms with E-state index in [1.54, 1.807) is 11.3 Å². The van der Waals surface area contributed by atoms with Crippen molar-refractivity contribution in [3.8, 4) is 11.5 Å². The second-order valence-electron chi connectivity index (χ2n) is 4.14. The number of H-pyrrole nitrogens is 1. The van der Waals surface area contributed by atoms with E-state index in [1.807, 2.05) is 12.3 Å². The lowest BCUT2D eigenvalue weighted by Crippen LogP contribution is -2.13. The molecule has 1 fully saturated rings. The smallest absolute Gasteiger partial charge is 0.265 e. The zero-order chi connectivity index (χ0) is 12.0. The van der Waals surface area contributed by atoms with Crippen LogP contribution in [0.4, 0.5) is 0 Å². The predicted octanol–water partition coefficient (Wildman–Crippen LogP) is 2.84. The molecule has 0 amide bonds. The molecule has 0 saturated heterocycles. The number of nitrogens with zero attached hydrogens (tertiary/aromatic N) is 2. The molecule has 4 nitrogen and oxygen atoms in total. The number of aromatic amines is 1. The van der Waals surface area contributed by atoms with Gasteiger partial charge in [-0.2, -0.15) is 0 Å². The summed E-state index contributed by atoms with van der Waals surface area (Å²) in [7, 11) is 0. The summed E-state index contributed by atoms with van der Waals surface area (Å²) < 4.78 is 0.565. The highest BCUT2D eigenvalue weighted by molar-refractivity contribution is 9.10. The molecule has 0 bridgehead atoms. The van der Waals surface area contributed by atoms with Crippen LogP contribution in [0.1, 0.15) is 29.5 Å². The minimum Gasteiger partial charge on any atom is -0.304 e. The summed E-state index contributed by atoms with van der Waals surface area (Å²) in [6, 6.07) is 0. The maximum atomic E-state index is 11.8. The Labute approximate surface area is 110 Å². The van der Waals surface area contributed by atoms with E-state index >= 15 is 0 Å². The minimum atomic E-state index is -0.123. The molecule has 1 saturated carbocycles. The first kappa shape index (κ1) is 11.1. The maximum Gasteiger partial charge on any atom is 0.265 e. The van der Waals surface area contributed by atoms with Crippen LogP contribution in [0.15, 0.2) is 14.6 Å². The van der Waals surface area contributed by atoms with E-state index in [2.05, 4.69) is 30.9 Å². The van der Waals surface area contributed by atoms with E-state index in [0.717, 1.165) is 29.2 Å². The van der Waals surface area contributed by atoms with E-state index in [9.17, 15) is 4.79 Å². The lowest BCUT2D eigenvalue weighted by atomic mass is 10.3. The largest absolute Gasteiger partial charge is 0.304 e. The van der Waals surface area contributed by atoms with Crippen molar-refractivity contribution in [2.24, 2.45) is 0 Å². The second kappa shape index (κ2) is 4.03. The van der Waals surface area contributed by atoms with Crippen LogP contribution in [-0.4, -0.2) is 15.0 Å². The molecular formula is C11H10BrN3OS. The number of aromatic nitrogens is 3. The SMILES string of the molecule is Cc1nc(-c2nc(C3CC3)c(Br)c(=O)[nH]2)cs1. The highest BCUT2D eigenvalue weighted by Crippen LogP contribution is 2.41. The lowest BCUT2D eigenvalue weighted by Gasteiger charge is -2.03. The first-order valence-corrected chi connectivity index (χ1v) is 7.04. The van der Waals surface area contributed by atoms with E-state index < -0.39 is 0 Å². The third kappa shape index (κ3) is 2.07. The Morgan fingerprint density at radius 3 is 2.82 bits per heavy atom. The number of nitrogens with one attached hydrogen (secondary N) is 1. The summed E-state index contributed by atoms with van der Waals surface area (Å²) in [5.41, 5.74) is 1.50. The molecule has 0 atom stereocenters. The summed E-state index contributed by atoms with van der Waals surface area (Å²) in [5, 5.41) is 2.89. The monoisotopic (exact) mass is 311 g/mol. The summed E-state index contributed by atoms with van der Waals surface area (Å²) >= 11 is 4.86. The molecule has 3 rings (SSSR count). The fraction of sp³-hybridized carbons (Fsp3) is 0.364. The van der Waals surface area contributed by atoms with Crippen molar-refractivity contribution >= 4 is 27.3 Å². The molecule has 2 aromatic rings. The van der Waals surface area contributed by atoms with Crippen molar-refractivity contribution in [1.29, 1.82) is 0 Å². The second-order valence-corrected chi connectivity index (χ2v) is 6.00. The van der Waals surface area contributed by atoms with Crippen molar-refractivity contribution in [3.63, 3.8) is 0 Å². The molecule has 2 heterocycles. The number of halogens is 1. The summed E-state index contributed by atoms with van der Waals surface area (Å²) in [5.74, 6) is 1.01. The molecule has 1 N–H and O–H groups in total. The highest BCUT2D eigenvalue weighted by Gasteiger charge is 2.29. The third-order valence-corrected chi connectivity index (χ3v) is 4.25. The molecule has 88 valence electrons. The van der Waals surface area contributed by atoms with Crippen molar-refractivity contribution in [2.75, 3.05) is 0 Å². The van der Waals surface area contributed by atoms with Gasteiger partial charge in [-0.25, -0.2) is 9.97 Å². The van der Waals surface area contributed by atoms with Gasteiger partial charge in [-0.15, -0.1) is 11.3 Å². The summed E-state index contributed by atoms with van der Waals surface area (Å²) in [4.78, 5) is 23.4. The van der Waals surface area contributed by atoms with Crippen LogP contribution in [0.25, 0.3) is 11.5 Å². The number of aryl methyl sites for hydroxylation is 1. The van der Waals surface area contributed by atoms with Crippen LogP contribution in [0.2, 0.25) is 0 Å². The molecule has 1 aliphatic rings. The Bertz CT molecular complexity index is 630. The van der Waals surface area contributed by atoms with Gasteiger partial charge in [0.05, 0.1) is 10.7 Å². The first-order valence-electron chi connectivity index (χ1n) is 5.37. The molecule has 17 heavy (non-hydrogen) atoms. The van der Waals surface area contributed by atoms with Gasteiger partial charge in [0.15, 0.2) is 5.82 Å². The van der Waals surface area contributed by atoms with Crippen LogP contribution in [-0.2, 0) is 0 Å². The number of hydrogen-bond donors (Lipinski definition) is 1. The van der Waals surface area contributed by atoms with Crippen molar-refractivity contribution < 1.29 is 0 Å². The van der Waals surface area contributed by atoms with E-state index in [1.165, 1.54) is 0 Å². The van der Waals surface area contributed by atoms with Gasteiger partial charge in [-0.3, -0.25) is 4.79 Å². The Kier molecular flexibility index (Phi) is 2.63. The van der Waals surface area contributed by atoms with Crippen LogP contribution in [0.3, 0.4) is 0 Å². The first-order chi connectivity index (χ1) is 8.15. The van der Waals surface area contributed by atoms with Crippen LogP contribution < -0.4 is 5.56 Å². The van der Waals surface area contributed by atoms with Crippen LogP contribution in [0.5, 0.6) is 0 Å². The topological polar surface area (TPSA) is 58.6 Å². The van der Waals surface area contributed by atoms with Gasteiger partial charge < -0.3 is 4.98 Å². The lowest BCUT2D eigenvalue weighted by molar-refractivity contribution is 0.955. The summed E-state index contributed by atoms with van der Waals surface area (Å²) in [6.07, 6.45) is 2.23. The molecule has 6 heteroatoms. The Balaban J connectivity index is 2.14. The quantitative estimate of drug-likeness (QED) is 0.927. The van der Waals surface area contributed by atoms with E-state index in [0.29, 0.717) is 16.2 Å². The van der Waals surface area contributed by atoms with Crippen molar-refractivity contribution in [3.05, 3.63) is 30.9 Å². The average molecular weight is 312 g/mol. The molecule has 0 aromatic carbocycles. The number of hydrogen-bond acceptors (Lipinski definition) is 4. The molecule has 0 radical (unpaired) electrons. The molecule has 0 spiro atoms. The Hall–Kier alpha value is -1.01. The van der Waals surface area contributed by atoms with Crippen molar-refractivity contribution in [1.82, 2.24) is 15.0 Å².